The first kappa shape index (κ1) is 18.3. The van der Waals surface area contributed by atoms with Crippen LogP contribution in [-0.2, 0) is 17.7 Å². The summed E-state index contributed by atoms with van der Waals surface area (Å²) in [5.41, 5.74) is 1.12. The molecule has 3 rings (SSSR count). The molecular weight excluding hydrogens is 366 g/mol. The normalized spacial score (nSPS) is 12.4. The average Bonchev–Trinajstić information content (AvgIpc) is 3.08. The SMILES string of the molecule is O=C(c1ccc2ncoc2c1)c1cc(CCCNS(=O)O)cc(F)c1F. The Morgan fingerprint density at radius 1 is 1.27 bits per heavy atom. The Balaban J connectivity index is 1.85. The molecule has 0 radical (unpaired) electrons. The van der Waals surface area contributed by atoms with E-state index >= 15 is 0 Å². The molecule has 2 N–H and O–H groups in total. The van der Waals surface area contributed by atoms with E-state index in [0.717, 1.165) is 6.07 Å². The van der Waals surface area contributed by atoms with Gasteiger partial charge >= 0.3 is 0 Å². The molecule has 2 aromatic carbocycles. The maximum absolute atomic E-state index is 14.1. The number of aryl methyl sites for hydroxylation is 1. The first-order chi connectivity index (χ1) is 12.5. The standard InChI is InChI=1S/C17H14F2N2O4S/c18-13-7-10(2-1-5-21-26(23)24)6-12(16(13)19)17(22)11-3-4-14-15(8-11)25-9-20-14/h3-4,6-9,21H,1-2,5H2,(H,23,24). The summed E-state index contributed by atoms with van der Waals surface area (Å²) in [5.74, 6) is -3.01. The average molecular weight is 380 g/mol. The third-order valence-corrected chi connectivity index (χ3v) is 4.24. The van der Waals surface area contributed by atoms with Crippen molar-refractivity contribution in [2.45, 2.75) is 12.8 Å². The summed E-state index contributed by atoms with van der Waals surface area (Å²) in [6.45, 7) is 0.216. The minimum Gasteiger partial charge on any atom is -0.443 e. The molecule has 0 bridgehead atoms. The van der Waals surface area contributed by atoms with Crippen molar-refractivity contribution in [1.29, 1.82) is 0 Å². The van der Waals surface area contributed by atoms with Crippen LogP contribution in [0.5, 0.6) is 0 Å². The number of halogens is 2. The summed E-state index contributed by atoms with van der Waals surface area (Å²) < 4.78 is 54.6. The quantitative estimate of drug-likeness (QED) is 0.373. The van der Waals surface area contributed by atoms with Crippen LogP contribution in [0, 0.1) is 11.6 Å². The first-order valence-corrected chi connectivity index (χ1v) is 8.76. The van der Waals surface area contributed by atoms with Gasteiger partial charge in [-0.15, -0.1) is 0 Å². The summed E-state index contributed by atoms with van der Waals surface area (Å²) in [5, 5.41) is 0. The zero-order valence-corrected chi connectivity index (χ0v) is 14.2. The van der Waals surface area contributed by atoms with Crippen molar-refractivity contribution in [2.75, 3.05) is 6.54 Å². The number of hydrogen-bond donors (Lipinski definition) is 2. The number of rotatable bonds is 7. The number of aromatic nitrogens is 1. The Morgan fingerprint density at radius 2 is 2.08 bits per heavy atom. The molecule has 0 amide bonds. The predicted octanol–water partition coefficient (Wildman–Crippen LogP) is 3.00. The van der Waals surface area contributed by atoms with Crippen LogP contribution in [-0.4, -0.2) is 26.1 Å². The molecule has 0 aliphatic carbocycles. The van der Waals surface area contributed by atoms with Gasteiger partial charge in [0.05, 0.1) is 5.56 Å². The molecule has 1 unspecified atom stereocenters. The Kier molecular flexibility index (Phi) is 5.50. The van der Waals surface area contributed by atoms with Crippen molar-refractivity contribution in [3.63, 3.8) is 0 Å². The van der Waals surface area contributed by atoms with Crippen molar-refractivity contribution in [2.24, 2.45) is 0 Å². The Morgan fingerprint density at radius 3 is 2.85 bits per heavy atom. The molecule has 1 heterocycles. The highest BCUT2D eigenvalue weighted by Crippen LogP contribution is 2.22. The highest BCUT2D eigenvalue weighted by atomic mass is 32.2. The largest absolute Gasteiger partial charge is 0.443 e. The molecule has 1 atom stereocenters. The van der Waals surface area contributed by atoms with Gasteiger partial charge in [-0.1, -0.05) is 0 Å². The number of ketones is 1. The van der Waals surface area contributed by atoms with E-state index in [2.05, 4.69) is 9.71 Å². The van der Waals surface area contributed by atoms with Crippen molar-refractivity contribution in [3.8, 4) is 0 Å². The highest BCUT2D eigenvalue weighted by molar-refractivity contribution is 7.77. The van der Waals surface area contributed by atoms with Gasteiger partial charge in [0.15, 0.2) is 29.4 Å². The molecule has 9 heteroatoms. The smallest absolute Gasteiger partial charge is 0.231 e. The maximum Gasteiger partial charge on any atom is 0.231 e. The second kappa shape index (κ2) is 7.81. The third-order valence-electron chi connectivity index (χ3n) is 3.79. The summed E-state index contributed by atoms with van der Waals surface area (Å²) in [6, 6.07) is 6.76. The van der Waals surface area contributed by atoms with Gasteiger partial charge in [-0.05, 0) is 48.7 Å². The molecule has 0 fully saturated rings. The zero-order valence-electron chi connectivity index (χ0n) is 13.4. The molecule has 3 aromatic rings. The van der Waals surface area contributed by atoms with Gasteiger partial charge in [-0.3, -0.25) is 9.35 Å². The summed E-state index contributed by atoms with van der Waals surface area (Å²) in [7, 11) is 0. The summed E-state index contributed by atoms with van der Waals surface area (Å²) in [6.07, 6.45) is 1.95. The Labute approximate surface area is 149 Å². The first-order valence-electron chi connectivity index (χ1n) is 7.66. The number of nitrogens with zero attached hydrogens (tertiary/aromatic N) is 1. The fourth-order valence-corrected chi connectivity index (χ4v) is 2.88. The van der Waals surface area contributed by atoms with Crippen LogP contribution in [0.4, 0.5) is 8.78 Å². The fourth-order valence-electron chi connectivity index (χ4n) is 2.56. The van der Waals surface area contributed by atoms with E-state index in [1.807, 2.05) is 0 Å². The van der Waals surface area contributed by atoms with Crippen LogP contribution >= 0.6 is 0 Å². The molecule has 6 nitrogen and oxygen atoms in total. The van der Waals surface area contributed by atoms with Crippen LogP contribution in [0.15, 0.2) is 41.1 Å². The molecule has 1 aromatic heterocycles. The van der Waals surface area contributed by atoms with Crippen LogP contribution in [0.2, 0.25) is 0 Å². The predicted molar refractivity (Wildman–Crippen MR) is 90.9 cm³/mol. The molecule has 0 aliphatic heterocycles. The number of fused-ring (bicyclic) bond motifs is 1. The molecule has 0 spiro atoms. The number of oxazole rings is 1. The molecular formula is C17H14F2N2O4S. The summed E-state index contributed by atoms with van der Waals surface area (Å²) >= 11 is -2.13. The van der Waals surface area contributed by atoms with E-state index in [4.69, 9.17) is 8.97 Å². The van der Waals surface area contributed by atoms with E-state index in [1.165, 1.54) is 24.6 Å². The van der Waals surface area contributed by atoms with Gasteiger partial charge in [-0.25, -0.2) is 22.7 Å². The summed E-state index contributed by atoms with van der Waals surface area (Å²) in [4.78, 5) is 16.5. The molecule has 0 saturated carbocycles. The number of nitrogens with one attached hydrogen (secondary N) is 1. The van der Waals surface area contributed by atoms with Crippen LogP contribution in [0.1, 0.15) is 27.9 Å². The van der Waals surface area contributed by atoms with E-state index < -0.39 is 28.7 Å². The number of carbonyl (C=O) groups is 1. The lowest BCUT2D eigenvalue weighted by molar-refractivity contribution is 0.103. The highest BCUT2D eigenvalue weighted by Gasteiger charge is 2.19. The van der Waals surface area contributed by atoms with Crippen molar-refractivity contribution in [1.82, 2.24) is 9.71 Å². The van der Waals surface area contributed by atoms with Crippen molar-refractivity contribution >= 4 is 28.1 Å². The van der Waals surface area contributed by atoms with Crippen LogP contribution in [0.25, 0.3) is 11.1 Å². The molecule has 136 valence electrons. The molecule has 0 saturated heterocycles. The van der Waals surface area contributed by atoms with Gasteiger partial charge in [0.2, 0.25) is 11.3 Å². The minimum absolute atomic E-state index is 0.155. The van der Waals surface area contributed by atoms with Crippen molar-refractivity contribution < 1.29 is 26.8 Å². The van der Waals surface area contributed by atoms with Gasteiger partial charge in [0, 0.05) is 12.1 Å². The lowest BCUT2D eigenvalue weighted by atomic mass is 9.98. The van der Waals surface area contributed by atoms with Gasteiger partial charge in [0.1, 0.15) is 5.52 Å². The number of benzene rings is 2. The topological polar surface area (TPSA) is 92.4 Å². The van der Waals surface area contributed by atoms with Gasteiger partial charge in [-0.2, -0.15) is 0 Å². The Bertz CT molecular complexity index is 990. The van der Waals surface area contributed by atoms with E-state index in [0.29, 0.717) is 29.5 Å². The maximum atomic E-state index is 14.1. The lowest BCUT2D eigenvalue weighted by Crippen LogP contribution is -2.18. The second-order valence-electron chi connectivity index (χ2n) is 5.55. The van der Waals surface area contributed by atoms with E-state index in [9.17, 15) is 17.8 Å². The second-order valence-corrected chi connectivity index (χ2v) is 6.34. The monoisotopic (exact) mass is 380 g/mol. The lowest BCUT2D eigenvalue weighted by Gasteiger charge is -2.08. The fraction of sp³-hybridized carbons (Fsp3) is 0.176. The van der Waals surface area contributed by atoms with Crippen LogP contribution < -0.4 is 4.72 Å². The van der Waals surface area contributed by atoms with Crippen molar-refractivity contribution in [3.05, 3.63) is 65.1 Å². The molecule has 26 heavy (non-hydrogen) atoms. The minimum atomic E-state index is -2.13. The number of hydrogen-bond acceptors (Lipinski definition) is 4. The van der Waals surface area contributed by atoms with Gasteiger partial charge < -0.3 is 4.42 Å². The zero-order chi connectivity index (χ0) is 18.7. The van der Waals surface area contributed by atoms with Gasteiger partial charge in [0.25, 0.3) is 0 Å². The number of carbonyl (C=O) groups excluding carboxylic acids is 1. The third kappa shape index (κ3) is 4.01. The molecule has 0 aliphatic rings. The van der Waals surface area contributed by atoms with E-state index in [-0.39, 0.29) is 17.7 Å². The van der Waals surface area contributed by atoms with E-state index in [1.54, 1.807) is 6.07 Å². The Hall–Kier alpha value is -2.49. The van der Waals surface area contributed by atoms with Crippen LogP contribution in [0.3, 0.4) is 0 Å².